The first-order chi connectivity index (χ1) is 15.8. The summed E-state index contributed by atoms with van der Waals surface area (Å²) in [6.07, 6.45) is 4.05. The van der Waals surface area contributed by atoms with E-state index in [1.807, 2.05) is 24.4 Å². The number of carbonyl (C=O) groups excluding carboxylic acids is 1. The molecule has 1 spiro atoms. The van der Waals surface area contributed by atoms with E-state index in [-0.39, 0.29) is 11.8 Å². The first-order valence-corrected chi connectivity index (χ1v) is 12.1. The molecule has 3 saturated carbocycles. The van der Waals surface area contributed by atoms with Crippen molar-refractivity contribution in [3.63, 3.8) is 0 Å². The van der Waals surface area contributed by atoms with Crippen molar-refractivity contribution in [3.8, 4) is 5.75 Å². The third-order valence-corrected chi connectivity index (χ3v) is 8.43. The van der Waals surface area contributed by atoms with Gasteiger partial charge in [-0.15, -0.1) is 0 Å². The highest BCUT2D eigenvalue weighted by Crippen LogP contribution is 2.70. The molecule has 6 rings (SSSR count). The number of hydrogen-bond donors (Lipinski definition) is 2. The lowest BCUT2D eigenvalue weighted by Gasteiger charge is -2.20. The van der Waals surface area contributed by atoms with Gasteiger partial charge >= 0.3 is 6.18 Å². The summed E-state index contributed by atoms with van der Waals surface area (Å²) in [4.78, 5) is 17.3. The number of fused-ring (bicyclic) bond motifs is 2. The van der Waals surface area contributed by atoms with E-state index in [4.69, 9.17) is 4.74 Å². The van der Waals surface area contributed by atoms with E-state index in [1.165, 1.54) is 12.8 Å². The van der Waals surface area contributed by atoms with Gasteiger partial charge in [0.05, 0.1) is 18.8 Å². The predicted molar refractivity (Wildman–Crippen MR) is 119 cm³/mol. The Hall–Kier alpha value is -2.22. The minimum Gasteiger partial charge on any atom is -0.494 e. The molecule has 0 bridgehead atoms. The maximum atomic E-state index is 12.6. The number of alkyl halides is 3. The van der Waals surface area contributed by atoms with E-state index < -0.39 is 12.7 Å². The molecular weight excluding hydrogens is 431 g/mol. The van der Waals surface area contributed by atoms with Crippen LogP contribution in [0.4, 0.5) is 18.9 Å². The summed E-state index contributed by atoms with van der Waals surface area (Å²) in [7, 11) is 0. The van der Waals surface area contributed by atoms with Crippen molar-refractivity contribution in [3.05, 3.63) is 24.4 Å². The zero-order valence-electron chi connectivity index (χ0n) is 18.6. The molecule has 4 atom stereocenters. The molecule has 1 aliphatic heterocycles. The minimum atomic E-state index is -4.10. The topological polar surface area (TPSA) is 57.4 Å². The van der Waals surface area contributed by atoms with Crippen molar-refractivity contribution in [2.24, 2.45) is 29.1 Å². The smallest absolute Gasteiger partial charge is 0.401 e. The number of rotatable bonds is 7. The summed E-state index contributed by atoms with van der Waals surface area (Å²) in [5.74, 6) is 2.37. The maximum Gasteiger partial charge on any atom is 0.401 e. The van der Waals surface area contributed by atoms with Gasteiger partial charge in [-0.05, 0) is 79.9 Å². The fourth-order valence-corrected chi connectivity index (χ4v) is 6.43. The van der Waals surface area contributed by atoms with E-state index in [0.717, 1.165) is 48.0 Å². The van der Waals surface area contributed by atoms with Gasteiger partial charge in [0.15, 0.2) is 0 Å². The van der Waals surface area contributed by atoms with Gasteiger partial charge in [0.2, 0.25) is 5.91 Å². The second-order valence-corrected chi connectivity index (χ2v) is 10.8. The van der Waals surface area contributed by atoms with Crippen LogP contribution in [0, 0.1) is 29.1 Å². The van der Waals surface area contributed by atoms with E-state index >= 15 is 0 Å². The van der Waals surface area contributed by atoms with Gasteiger partial charge < -0.3 is 15.0 Å². The number of amides is 1. The largest absolute Gasteiger partial charge is 0.494 e. The highest BCUT2D eigenvalue weighted by atomic mass is 19.4. The van der Waals surface area contributed by atoms with Crippen molar-refractivity contribution >= 4 is 22.5 Å². The third-order valence-electron chi connectivity index (χ3n) is 8.43. The van der Waals surface area contributed by atoms with Crippen LogP contribution in [0.2, 0.25) is 0 Å². The number of benzene rings is 1. The SMILES string of the molecule is O=C(Nc1c[nH]c2ccc(OCC[C@@H]3C[C@@H]4CN(CC(F)(F)F)C[C@@H]4C3)cc12)C1CC12CC2. The Balaban J connectivity index is 0.998. The third kappa shape index (κ3) is 4.34. The van der Waals surface area contributed by atoms with Crippen LogP contribution in [0.3, 0.4) is 0 Å². The molecule has 2 heterocycles. The van der Waals surface area contributed by atoms with Crippen molar-refractivity contribution in [2.45, 2.75) is 44.7 Å². The average molecular weight is 462 g/mol. The van der Waals surface area contributed by atoms with Crippen molar-refractivity contribution in [1.29, 1.82) is 0 Å². The normalized spacial score (nSPS) is 30.0. The Morgan fingerprint density at radius 3 is 2.64 bits per heavy atom. The summed E-state index contributed by atoms with van der Waals surface area (Å²) >= 11 is 0. The molecule has 1 unspecified atom stereocenters. The molecule has 2 N–H and O–H groups in total. The second kappa shape index (κ2) is 7.65. The standard InChI is InChI=1S/C25H30F3N3O2/c26-25(27,28)14-31-12-16-7-15(8-17(16)13-31)3-6-33-18-1-2-21-19(9-18)22(11-29-21)30-23(32)20-10-24(20)4-5-24/h1-2,9,11,15-17,20,29H,3-8,10,12-14H2,(H,30,32)/t15-,16-,17+,20?. The number of hydrogen-bond acceptors (Lipinski definition) is 3. The van der Waals surface area contributed by atoms with Crippen LogP contribution in [0.25, 0.3) is 10.9 Å². The lowest BCUT2D eigenvalue weighted by Crippen LogP contribution is -2.33. The Bertz CT molecular complexity index is 1050. The number of likely N-dealkylation sites (tertiary alicyclic amines) is 1. The monoisotopic (exact) mass is 461 g/mol. The zero-order valence-corrected chi connectivity index (χ0v) is 18.6. The van der Waals surface area contributed by atoms with Crippen molar-refractivity contribution in [2.75, 3.05) is 31.6 Å². The maximum absolute atomic E-state index is 12.6. The lowest BCUT2D eigenvalue weighted by atomic mass is 10.0. The zero-order chi connectivity index (χ0) is 22.8. The number of aromatic amines is 1. The molecule has 8 heteroatoms. The minimum absolute atomic E-state index is 0.125. The molecule has 0 radical (unpaired) electrons. The molecule has 1 aromatic heterocycles. The van der Waals surface area contributed by atoms with Crippen LogP contribution in [0.5, 0.6) is 5.75 Å². The molecular formula is C25H30F3N3O2. The van der Waals surface area contributed by atoms with Gasteiger partial charge in [-0.3, -0.25) is 9.69 Å². The molecule has 3 aliphatic carbocycles. The fourth-order valence-electron chi connectivity index (χ4n) is 6.43. The Morgan fingerprint density at radius 2 is 1.97 bits per heavy atom. The molecule has 5 nitrogen and oxygen atoms in total. The summed E-state index contributed by atoms with van der Waals surface area (Å²) in [5.41, 5.74) is 2.09. The fraction of sp³-hybridized carbons (Fsp3) is 0.640. The quantitative estimate of drug-likeness (QED) is 0.596. The van der Waals surface area contributed by atoms with Gasteiger partial charge in [0.1, 0.15) is 5.75 Å². The van der Waals surface area contributed by atoms with Crippen LogP contribution in [0.1, 0.15) is 38.5 Å². The highest BCUT2D eigenvalue weighted by Gasteiger charge is 2.65. The lowest BCUT2D eigenvalue weighted by molar-refractivity contribution is -0.144. The molecule has 4 fully saturated rings. The van der Waals surface area contributed by atoms with Crippen molar-refractivity contribution < 1.29 is 22.7 Å². The molecule has 1 aromatic carbocycles. The number of aromatic nitrogens is 1. The van der Waals surface area contributed by atoms with Gasteiger partial charge in [0.25, 0.3) is 0 Å². The van der Waals surface area contributed by atoms with Gasteiger partial charge in [-0.2, -0.15) is 13.2 Å². The first-order valence-electron chi connectivity index (χ1n) is 12.1. The van der Waals surface area contributed by atoms with E-state index in [2.05, 4.69) is 10.3 Å². The predicted octanol–water partition coefficient (Wildman–Crippen LogP) is 5.20. The van der Waals surface area contributed by atoms with E-state index in [1.54, 1.807) is 4.90 Å². The Labute approximate surface area is 191 Å². The Morgan fingerprint density at radius 1 is 1.21 bits per heavy atom. The molecule has 178 valence electrons. The number of nitrogens with zero attached hydrogens (tertiary/aromatic N) is 1. The van der Waals surface area contributed by atoms with Crippen LogP contribution in [0.15, 0.2) is 24.4 Å². The Kier molecular flexibility index (Phi) is 4.94. The number of ether oxygens (including phenoxy) is 1. The second-order valence-electron chi connectivity index (χ2n) is 10.8. The molecule has 1 saturated heterocycles. The first kappa shape index (κ1) is 21.3. The number of carbonyl (C=O) groups is 1. The van der Waals surface area contributed by atoms with E-state index in [0.29, 0.717) is 42.9 Å². The van der Waals surface area contributed by atoms with Gasteiger partial charge in [-0.1, -0.05) is 0 Å². The van der Waals surface area contributed by atoms with Crippen LogP contribution >= 0.6 is 0 Å². The summed E-state index contributed by atoms with van der Waals surface area (Å²) in [6, 6.07) is 5.87. The van der Waals surface area contributed by atoms with Gasteiger partial charge in [-0.25, -0.2) is 0 Å². The van der Waals surface area contributed by atoms with Crippen LogP contribution in [-0.4, -0.2) is 48.2 Å². The van der Waals surface area contributed by atoms with Crippen LogP contribution < -0.4 is 10.1 Å². The summed E-state index contributed by atoms with van der Waals surface area (Å²) < 4.78 is 44.0. The summed E-state index contributed by atoms with van der Waals surface area (Å²) in [5, 5.41) is 4.04. The average Bonchev–Trinajstić information content (AvgIpc) is 3.53. The number of nitrogens with one attached hydrogen (secondary N) is 2. The van der Waals surface area contributed by atoms with E-state index in [9.17, 15) is 18.0 Å². The molecule has 2 aromatic rings. The van der Waals surface area contributed by atoms with Crippen LogP contribution in [-0.2, 0) is 4.79 Å². The molecule has 1 amide bonds. The van der Waals surface area contributed by atoms with Crippen molar-refractivity contribution in [1.82, 2.24) is 9.88 Å². The number of anilines is 1. The summed E-state index contributed by atoms with van der Waals surface area (Å²) in [6.45, 7) is 0.961. The molecule has 33 heavy (non-hydrogen) atoms. The molecule has 4 aliphatic rings. The highest BCUT2D eigenvalue weighted by molar-refractivity contribution is 6.04. The number of H-pyrrole nitrogens is 1. The van der Waals surface area contributed by atoms with Gasteiger partial charge in [0, 0.05) is 36.1 Å². The number of halogens is 3.